The summed E-state index contributed by atoms with van der Waals surface area (Å²) >= 11 is 3.69. The van der Waals surface area contributed by atoms with E-state index < -0.39 is 0 Å². The fourth-order valence-electron chi connectivity index (χ4n) is 2.97. The van der Waals surface area contributed by atoms with E-state index >= 15 is 0 Å². The Morgan fingerprint density at radius 2 is 1.95 bits per heavy atom. The standard InChI is InChI=1S/C16H26BrN3/c1-12(18)13-6-7-15(14(17)10-13)20(4)11-16(19(2)3)8-5-9-16/h6-7,10,12H,5,8-9,11,18H2,1-4H3. The highest BCUT2D eigenvalue weighted by Gasteiger charge is 2.40. The highest BCUT2D eigenvalue weighted by Crippen LogP contribution is 2.38. The normalized spacial score (nSPS) is 18.8. The first kappa shape index (κ1) is 15.8. The zero-order chi connectivity index (χ0) is 14.9. The third-order valence-electron chi connectivity index (χ3n) is 4.67. The van der Waals surface area contributed by atoms with Gasteiger partial charge in [0.1, 0.15) is 0 Å². The number of nitrogens with zero attached hydrogens (tertiary/aromatic N) is 2. The molecule has 0 radical (unpaired) electrons. The number of nitrogens with two attached hydrogens (primary N) is 1. The van der Waals surface area contributed by atoms with Crippen LogP contribution in [-0.2, 0) is 0 Å². The predicted octanol–water partition coefficient (Wildman–Crippen LogP) is 3.39. The predicted molar refractivity (Wildman–Crippen MR) is 90.3 cm³/mol. The van der Waals surface area contributed by atoms with Crippen molar-refractivity contribution >= 4 is 21.6 Å². The van der Waals surface area contributed by atoms with Crippen LogP contribution in [0.1, 0.15) is 37.8 Å². The van der Waals surface area contributed by atoms with Crippen LogP contribution in [0.25, 0.3) is 0 Å². The van der Waals surface area contributed by atoms with E-state index in [1.165, 1.54) is 30.5 Å². The van der Waals surface area contributed by atoms with Gasteiger partial charge in [-0.05, 0) is 73.9 Å². The minimum Gasteiger partial charge on any atom is -0.372 e. The van der Waals surface area contributed by atoms with E-state index in [-0.39, 0.29) is 6.04 Å². The van der Waals surface area contributed by atoms with E-state index in [0.717, 1.165) is 11.0 Å². The van der Waals surface area contributed by atoms with Crippen molar-refractivity contribution in [2.45, 2.75) is 37.8 Å². The summed E-state index contributed by atoms with van der Waals surface area (Å²) in [5.74, 6) is 0. The molecule has 0 heterocycles. The second kappa shape index (κ2) is 6.04. The number of benzene rings is 1. The summed E-state index contributed by atoms with van der Waals surface area (Å²) in [6, 6.07) is 6.51. The van der Waals surface area contributed by atoms with Gasteiger partial charge < -0.3 is 15.5 Å². The quantitative estimate of drug-likeness (QED) is 0.892. The molecule has 112 valence electrons. The number of hydrogen-bond acceptors (Lipinski definition) is 3. The maximum atomic E-state index is 5.94. The van der Waals surface area contributed by atoms with E-state index in [0.29, 0.717) is 5.54 Å². The van der Waals surface area contributed by atoms with Crippen LogP contribution in [0.2, 0.25) is 0 Å². The second-order valence-electron chi connectivity index (χ2n) is 6.33. The van der Waals surface area contributed by atoms with Crippen molar-refractivity contribution in [3.63, 3.8) is 0 Å². The number of hydrogen-bond donors (Lipinski definition) is 1. The third-order valence-corrected chi connectivity index (χ3v) is 5.31. The fourth-order valence-corrected chi connectivity index (χ4v) is 3.67. The Morgan fingerprint density at radius 3 is 2.35 bits per heavy atom. The SMILES string of the molecule is CC(N)c1ccc(N(C)CC2(N(C)C)CCC2)c(Br)c1. The molecule has 2 N–H and O–H groups in total. The molecule has 0 aliphatic heterocycles. The Bertz CT molecular complexity index is 467. The van der Waals surface area contributed by atoms with Gasteiger partial charge >= 0.3 is 0 Å². The lowest BCUT2D eigenvalue weighted by atomic mass is 9.75. The molecule has 1 aromatic carbocycles. The number of rotatable bonds is 5. The number of anilines is 1. The molecule has 0 bridgehead atoms. The van der Waals surface area contributed by atoms with Gasteiger partial charge in [-0.15, -0.1) is 0 Å². The average molecular weight is 340 g/mol. The van der Waals surface area contributed by atoms with Gasteiger partial charge in [0.15, 0.2) is 0 Å². The minimum absolute atomic E-state index is 0.0744. The van der Waals surface area contributed by atoms with Crippen molar-refractivity contribution in [1.82, 2.24) is 4.90 Å². The number of likely N-dealkylation sites (N-methyl/N-ethyl adjacent to an activating group) is 2. The van der Waals surface area contributed by atoms with Gasteiger partial charge in [-0.2, -0.15) is 0 Å². The average Bonchev–Trinajstić information content (AvgIpc) is 2.32. The Balaban J connectivity index is 2.15. The first-order chi connectivity index (χ1) is 9.35. The summed E-state index contributed by atoms with van der Waals surface area (Å²) in [5.41, 5.74) is 8.69. The topological polar surface area (TPSA) is 32.5 Å². The minimum atomic E-state index is 0.0744. The molecule has 1 atom stereocenters. The summed E-state index contributed by atoms with van der Waals surface area (Å²) in [7, 11) is 6.57. The van der Waals surface area contributed by atoms with E-state index in [1.54, 1.807) is 0 Å². The Labute approximate surface area is 131 Å². The molecule has 0 aromatic heterocycles. The van der Waals surface area contributed by atoms with Crippen LogP contribution in [-0.4, -0.2) is 38.1 Å². The van der Waals surface area contributed by atoms with Gasteiger partial charge in [0.25, 0.3) is 0 Å². The van der Waals surface area contributed by atoms with Gasteiger partial charge in [0, 0.05) is 29.6 Å². The zero-order valence-corrected chi connectivity index (χ0v) is 14.6. The summed E-state index contributed by atoms with van der Waals surface area (Å²) in [6.07, 6.45) is 3.93. The van der Waals surface area contributed by atoms with Gasteiger partial charge in [0.05, 0.1) is 5.69 Å². The Hall–Kier alpha value is -0.580. The van der Waals surface area contributed by atoms with Gasteiger partial charge in [-0.1, -0.05) is 6.07 Å². The molecule has 2 rings (SSSR count). The van der Waals surface area contributed by atoms with Crippen LogP contribution in [0.4, 0.5) is 5.69 Å². The third kappa shape index (κ3) is 3.02. The summed E-state index contributed by atoms with van der Waals surface area (Å²) in [5, 5.41) is 0. The number of halogens is 1. The molecular formula is C16H26BrN3. The van der Waals surface area contributed by atoms with E-state index in [2.05, 4.69) is 65.1 Å². The fraction of sp³-hybridized carbons (Fsp3) is 0.625. The van der Waals surface area contributed by atoms with Crippen molar-refractivity contribution in [2.75, 3.05) is 32.6 Å². The lowest BCUT2D eigenvalue weighted by molar-refractivity contribution is 0.0683. The van der Waals surface area contributed by atoms with Gasteiger partial charge in [0.2, 0.25) is 0 Å². The molecule has 1 fully saturated rings. The first-order valence-corrected chi connectivity index (χ1v) is 8.09. The van der Waals surface area contributed by atoms with Crippen LogP contribution < -0.4 is 10.6 Å². The van der Waals surface area contributed by atoms with E-state index in [9.17, 15) is 0 Å². The summed E-state index contributed by atoms with van der Waals surface area (Å²) in [6.45, 7) is 3.08. The van der Waals surface area contributed by atoms with Crippen LogP contribution >= 0.6 is 15.9 Å². The first-order valence-electron chi connectivity index (χ1n) is 7.29. The van der Waals surface area contributed by atoms with Crippen molar-refractivity contribution in [3.05, 3.63) is 28.2 Å². The molecule has 3 nitrogen and oxygen atoms in total. The van der Waals surface area contributed by atoms with Crippen molar-refractivity contribution < 1.29 is 0 Å². The maximum Gasteiger partial charge on any atom is 0.0508 e. The lowest BCUT2D eigenvalue weighted by Crippen LogP contribution is -2.56. The molecular weight excluding hydrogens is 314 g/mol. The summed E-state index contributed by atoms with van der Waals surface area (Å²) < 4.78 is 1.13. The van der Waals surface area contributed by atoms with E-state index in [1.807, 2.05) is 6.92 Å². The van der Waals surface area contributed by atoms with Gasteiger partial charge in [-0.3, -0.25) is 0 Å². The largest absolute Gasteiger partial charge is 0.372 e. The van der Waals surface area contributed by atoms with Crippen LogP contribution in [0, 0.1) is 0 Å². The highest BCUT2D eigenvalue weighted by atomic mass is 79.9. The molecule has 20 heavy (non-hydrogen) atoms. The molecule has 0 amide bonds. The van der Waals surface area contributed by atoms with Crippen LogP contribution in [0.15, 0.2) is 22.7 Å². The van der Waals surface area contributed by atoms with Crippen molar-refractivity contribution in [1.29, 1.82) is 0 Å². The molecule has 1 aromatic rings. The molecule has 0 saturated heterocycles. The Kier molecular flexibility index (Phi) is 4.77. The van der Waals surface area contributed by atoms with Crippen molar-refractivity contribution in [3.8, 4) is 0 Å². The van der Waals surface area contributed by atoms with Crippen LogP contribution in [0.5, 0.6) is 0 Å². The molecule has 1 aliphatic carbocycles. The zero-order valence-electron chi connectivity index (χ0n) is 13.0. The van der Waals surface area contributed by atoms with Crippen molar-refractivity contribution in [2.24, 2.45) is 5.73 Å². The molecule has 0 spiro atoms. The van der Waals surface area contributed by atoms with Gasteiger partial charge in [-0.25, -0.2) is 0 Å². The maximum absolute atomic E-state index is 5.94. The molecule has 1 saturated carbocycles. The van der Waals surface area contributed by atoms with E-state index in [4.69, 9.17) is 5.73 Å². The smallest absolute Gasteiger partial charge is 0.0508 e. The molecule has 4 heteroatoms. The monoisotopic (exact) mass is 339 g/mol. The lowest BCUT2D eigenvalue weighted by Gasteiger charge is -2.49. The second-order valence-corrected chi connectivity index (χ2v) is 7.18. The highest BCUT2D eigenvalue weighted by molar-refractivity contribution is 9.10. The molecule has 1 unspecified atom stereocenters. The Morgan fingerprint density at radius 1 is 1.30 bits per heavy atom. The molecule has 1 aliphatic rings. The summed E-state index contributed by atoms with van der Waals surface area (Å²) in [4.78, 5) is 4.74. The van der Waals surface area contributed by atoms with Crippen LogP contribution in [0.3, 0.4) is 0 Å².